The van der Waals surface area contributed by atoms with Gasteiger partial charge in [0.15, 0.2) is 6.61 Å². The van der Waals surface area contributed by atoms with Gasteiger partial charge in [-0.2, -0.15) is 0 Å². The maximum atomic E-state index is 12.4. The molecule has 25 heavy (non-hydrogen) atoms. The van der Waals surface area contributed by atoms with Gasteiger partial charge in [0, 0.05) is 13.1 Å². The van der Waals surface area contributed by atoms with Crippen molar-refractivity contribution < 1.29 is 19.1 Å². The highest BCUT2D eigenvalue weighted by molar-refractivity contribution is 5.95. The largest absolute Gasteiger partial charge is 0.483 e. The van der Waals surface area contributed by atoms with Crippen LogP contribution in [0.4, 0.5) is 0 Å². The molecule has 1 fully saturated rings. The number of nitrogens with one attached hydrogen (secondary N) is 1. The van der Waals surface area contributed by atoms with E-state index in [1.165, 1.54) is 11.0 Å². The van der Waals surface area contributed by atoms with Crippen molar-refractivity contribution >= 4 is 17.7 Å². The van der Waals surface area contributed by atoms with E-state index in [-0.39, 0.29) is 29.7 Å². The summed E-state index contributed by atoms with van der Waals surface area (Å²) in [5.74, 6) is -0.833. The zero-order valence-electron chi connectivity index (χ0n) is 14.1. The van der Waals surface area contributed by atoms with Crippen LogP contribution in [0.2, 0.25) is 0 Å². The van der Waals surface area contributed by atoms with Gasteiger partial charge in [-0.15, -0.1) is 0 Å². The lowest BCUT2D eigenvalue weighted by atomic mass is 10.2. The highest BCUT2D eigenvalue weighted by atomic mass is 16.5. The summed E-state index contributed by atoms with van der Waals surface area (Å²) >= 11 is 0. The van der Waals surface area contributed by atoms with E-state index in [4.69, 9.17) is 16.2 Å². The minimum atomic E-state index is -0.624. The molecule has 8 heteroatoms. The summed E-state index contributed by atoms with van der Waals surface area (Å²) in [5.41, 5.74) is 10.9. The predicted octanol–water partition coefficient (Wildman–Crippen LogP) is -0.380. The molecule has 0 radical (unpaired) electrons. The summed E-state index contributed by atoms with van der Waals surface area (Å²) in [6.07, 6.45) is 2.08. The first-order valence-electron chi connectivity index (χ1n) is 8.33. The second-order valence-corrected chi connectivity index (χ2v) is 5.83. The lowest BCUT2D eigenvalue weighted by Crippen LogP contribution is -2.47. The lowest BCUT2D eigenvalue weighted by Gasteiger charge is -2.24. The standard InChI is InChI=1S/C17H24N4O4/c18-8-4-9-20-17(24)13-6-3-10-21(13)15(22)11-25-14-7-2-1-5-12(14)16(19)23/h1-2,5,7,13H,3-4,6,8-11,18H2,(H2,19,23)(H,20,24)/t13-/m0/s1. The number of nitrogens with two attached hydrogens (primary N) is 2. The Kier molecular flexibility index (Phi) is 6.76. The topological polar surface area (TPSA) is 128 Å². The first kappa shape index (κ1) is 18.7. The molecule has 1 aliphatic rings. The van der Waals surface area contributed by atoms with E-state index in [1.54, 1.807) is 18.2 Å². The van der Waals surface area contributed by atoms with Gasteiger partial charge in [0.1, 0.15) is 11.8 Å². The fourth-order valence-corrected chi connectivity index (χ4v) is 2.79. The van der Waals surface area contributed by atoms with E-state index in [0.29, 0.717) is 32.5 Å². The van der Waals surface area contributed by atoms with Crippen LogP contribution >= 0.6 is 0 Å². The normalized spacial score (nSPS) is 16.5. The van der Waals surface area contributed by atoms with E-state index < -0.39 is 11.9 Å². The minimum Gasteiger partial charge on any atom is -0.483 e. The molecule has 0 aliphatic carbocycles. The van der Waals surface area contributed by atoms with Crippen LogP contribution in [0.25, 0.3) is 0 Å². The van der Waals surface area contributed by atoms with Gasteiger partial charge in [-0.05, 0) is 37.9 Å². The zero-order valence-corrected chi connectivity index (χ0v) is 14.1. The fraction of sp³-hybridized carbons (Fsp3) is 0.471. The second-order valence-electron chi connectivity index (χ2n) is 5.83. The number of hydrogen-bond acceptors (Lipinski definition) is 5. The number of benzene rings is 1. The molecule has 1 aromatic carbocycles. The van der Waals surface area contributed by atoms with Crippen LogP contribution in [0.15, 0.2) is 24.3 Å². The van der Waals surface area contributed by atoms with E-state index >= 15 is 0 Å². The molecule has 1 aromatic rings. The Morgan fingerprint density at radius 1 is 1.28 bits per heavy atom. The van der Waals surface area contributed by atoms with Crippen LogP contribution in [0.5, 0.6) is 5.75 Å². The van der Waals surface area contributed by atoms with Crippen molar-refractivity contribution in [3.8, 4) is 5.75 Å². The third-order valence-corrected chi connectivity index (χ3v) is 4.06. The molecule has 2 rings (SSSR count). The SMILES string of the molecule is NCCCNC(=O)[C@@H]1CCCN1C(=O)COc1ccccc1C(N)=O. The van der Waals surface area contributed by atoms with E-state index in [2.05, 4.69) is 5.32 Å². The second kappa shape index (κ2) is 9.03. The molecule has 1 heterocycles. The predicted molar refractivity (Wildman–Crippen MR) is 91.9 cm³/mol. The number of ether oxygens (including phenoxy) is 1. The van der Waals surface area contributed by atoms with E-state index in [0.717, 1.165) is 6.42 Å². The molecule has 1 aliphatic heterocycles. The first-order valence-corrected chi connectivity index (χ1v) is 8.33. The molecule has 1 saturated heterocycles. The molecular weight excluding hydrogens is 324 g/mol. The highest BCUT2D eigenvalue weighted by Crippen LogP contribution is 2.20. The monoisotopic (exact) mass is 348 g/mol. The van der Waals surface area contributed by atoms with Gasteiger partial charge in [0.2, 0.25) is 5.91 Å². The van der Waals surface area contributed by atoms with Gasteiger partial charge in [-0.25, -0.2) is 0 Å². The maximum absolute atomic E-state index is 12.4. The smallest absolute Gasteiger partial charge is 0.261 e. The van der Waals surface area contributed by atoms with Crippen molar-refractivity contribution in [2.24, 2.45) is 11.5 Å². The van der Waals surface area contributed by atoms with Gasteiger partial charge < -0.3 is 26.4 Å². The quantitative estimate of drug-likeness (QED) is 0.552. The van der Waals surface area contributed by atoms with Crippen LogP contribution in [-0.2, 0) is 9.59 Å². The number of amides is 3. The zero-order chi connectivity index (χ0) is 18.2. The van der Waals surface area contributed by atoms with Crippen LogP contribution < -0.4 is 21.5 Å². The molecule has 0 aromatic heterocycles. The van der Waals surface area contributed by atoms with Crippen molar-refractivity contribution in [3.63, 3.8) is 0 Å². The number of carbonyl (C=O) groups is 3. The molecule has 0 unspecified atom stereocenters. The first-order chi connectivity index (χ1) is 12.0. The number of primary amides is 1. The third kappa shape index (κ3) is 4.93. The van der Waals surface area contributed by atoms with Gasteiger partial charge >= 0.3 is 0 Å². The summed E-state index contributed by atoms with van der Waals surface area (Å²) in [6.45, 7) is 1.25. The number of likely N-dealkylation sites (tertiary alicyclic amines) is 1. The molecule has 0 spiro atoms. The number of para-hydroxylation sites is 1. The van der Waals surface area contributed by atoms with Crippen LogP contribution in [0.3, 0.4) is 0 Å². The van der Waals surface area contributed by atoms with Crippen molar-refractivity contribution in [1.82, 2.24) is 10.2 Å². The van der Waals surface area contributed by atoms with Gasteiger partial charge in [-0.3, -0.25) is 14.4 Å². The van der Waals surface area contributed by atoms with Crippen molar-refractivity contribution in [2.45, 2.75) is 25.3 Å². The van der Waals surface area contributed by atoms with E-state index in [1.807, 2.05) is 0 Å². The highest BCUT2D eigenvalue weighted by Gasteiger charge is 2.34. The van der Waals surface area contributed by atoms with Crippen LogP contribution in [0, 0.1) is 0 Å². The minimum absolute atomic E-state index is 0.170. The Morgan fingerprint density at radius 2 is 2.04 bits per heavy atom. The third-order valence-electron chi connectivity index (χ3n) is 4.06. The Balaban J connectivity index is 1.93. The summed E-state index contributed by atoms with van der Waals surface area (Å²) in [4.78, 5) is 37.5. The molecule has 0 bridgehead atoms. The fourth-order valence-electron chi connectivity index (χ4n) is 2.79. The Labute approximate surface area is 146 Å². The average Bonchev–Trinajstić information content (AvgIpc) is 3.10. The molecule has 5 N–H and O–H groups in total. The van der Waals surface area contributed by atoms with E-state index in [9.17, 15) is 14.4 Å². The van der Waals surface area contributed by atoms with Crippen LogP contribution in [0.1, 0.15) is 29.6 Å². The molecule has 136 valence electrons. The Bertz CT molecular complexity index is 635. The van der Waals surface area contributed by atoms with Crippen molar-refractivity contribution in [2.75, 3.05) is 26.2 Å². The Hall–Kier alpha value is -2.61. The number of nitrogens with zero attached hydrogens (tertiary/aromatic N) is 1. The van der Waals surface area contributed by atoms with Crippen molar-refractivity contribution in [1.29, 1.82) is 0 Å². The summed E-state index contributed by atoms with van der Waals surface area (Å²) in [7, 11) is 0. The molecule has 8 nitrogen and oxygen atoms in total. The van der Waals surface area contributed by atoms with Gasteiger partial charge in [0.25, 0.3) is 11.8 Å². The van der Waals surface area contributed by atoms with Gasteiger partial charge in [-0.1, -0.05) is 12.1 Å². The Morgan fingerprint density at radius 3 is 2.76 bits per heavy atom. The molecular formula is C17H24N4O4. The molecule has 3 amide bonds. The number of carbonyl (C=O) groups excluding carboxylic acids is 3. The lowest BCUT2D eigenvalue weighted by molar-refractivity contribution is -0.139. The summed E-state index contributed by atoms with van der Waals surface area (Å²) in [5, 5.41) is 2.79. The molecule has 0 saturated carbocycles. The maximum Gasteiger partial charge on any atom is 0.261 e. The summed E-state index contributed by atoms with van der Waals surface area (Å²) in [6, 6.07) is 5.98. The molecule has 1 atom stereocenters. The average molecular weight is 348 g/mol. The summed E-state index contributed by atoms with van der Waals surface area (Å²) < 4.78 is 5.46. The van der Waals surface area contributed by atoms with Gasteiger partial charge in [0.05, 0.1) is 5.56 Å². The van der Waals surface area contributed by atoms with Crippen LogP contribution in [-0.4, -0.2) is 54.9 Å². The number of hydrogen-bond donors (Lipinski definition) is 3. The number of rotatable bonds is 8. The van der Waals surface area contributed by atoms with Crippen molar-refractivity contribution in [3.05, 3.63) is 29.8 Å².